The number of para-hydroxylation sites is 1. The van der Waals surface area contributed by atoms with Crippen LogP contribution in [0.1, 0.15) is 12.5 Å². The summed E-state index contributed by atoms with van der Waals surface area (Å²) < 4.78 is 10.9. The van der Waals surface area contributed by atoms with Crippen molar-refractivity contribution in [3.8, 4) is 11.5 Å². The molecular weight excluding hydrogens is 254 g/mol. The molecule has 1 N–H and O–H groups in total. The molecule has 5 nitrogen and oxygen atoms in total. The van der Waals surface area contributed by atoms with Crippen LogP contribution in [0.3, 0.4) is 0 Å². The van der Waals surface area contributed by atoms with Crippen molar-refractivity contribution in [1.29, 1.82) is 0 Å². The first-order valence-electron chi connectivity index (χ1n) is 6.35. The van der Waals surface area contributed by atoms with Gasteiger partial charge in [0.05, 0.1) is 19.9 Å². The Balaban J connectivity index is 2.14. The molecule has 0 saturated heterocycles. The number of hydrazone groups is 1. The van der Waals surface area contributed by atoms with Gasteiger partial charge in [-0.05, 0) is 31.2 Å². The average Bonchev–Trinajstić information content (AvgIpc) is 2.49. The van der Waals surface area contributed by atoms with Gasteiger partial charge in [0.25, 0.3) is 0 Å². The summed E-state index contributed by atoms with van der Waals surface area (Å²) in [5.74, 6) is 2.06. The van der Waals surface area contributed by atoms with Crippen LogP contribution < -0.4 is 14.9 Å². The first-order chi connectivity index (χ1) is 9.85. The van der Waals surface area contributed by atoms with Gasteiger partial charge in [0.2, 0.25) is 0 Å². The molecule has 0 aliphatic rings. The van der Waals surface area contributed by atoms with Crippen LogP contribution in [0, 0.1) is 0 Å². The van der Waals surface area contributed by atoms with E-state index < -0.39 is 0 Å². The van der Waals surface area contributed by atoms with E-state index in [1.165, 1.54) is 0 Å². The molecular formula is C15H17N3O2. The van der Waals surface area contributed by atoms with Gasteiger partial charge in [0.1, 0.15) is 5.82 Å². The first-order valence-corrected chi connectivity index (χ1v) is 6.35. The van der Waals surface area contributed by atoms with Crippen LogP contribution in [0.25, 0.3) is 0 Å². The fourth-order valence-electron chi connectivity index (χ4n) is 1.72. The van der Waals surface area contributed by atoms with E-state index in [0.29, 0.717) is 23.9 Å². The van der Waals surface area contributed by atoms with Crippen molar-refractivity contribution in [1.82, 2.24) is 4.98 Å². The summed E-state index contributed by atoms with van der Waals surface area (Å²) in [6, 6.07) is 11.3. The van der Waals surface area contributed by atoms with Crippen molar-refractivity contribution in [2.45, 2.75) is 6.92 Å². The van der Waals surface area contributed by atoms with E-state index in [9.17, 15) is 0 Å². The maximum atomic E-state index is 5.51. The van der Waals surface area contributed by atoms with Gasteiger partial charge in [-0.3, -0.25) is 5.43 Å². The van der Waals surface area contributed by atoms with E-state index in [1.54, 1.807) is 19.5 Å². The smallest absolute Gasteiger partial charge is 0.169 e. The lowest BCUT2D eigenvalue weighted by molar-refractivity contribution is 0.311. The van der Waals surface area contributed by atoms with Crippen molar-refractivity contribution in [3.63, 3.8) is 0 Å². The number of ether oxygens (including phenoxy) is 2. The van der Waals surface area contributed by atoms with Crippen LogP contribution in [0.2, 0.25) is 0 Å². The van der Waals surface area contributed by atoms with Crippen LogP contribution in [-0.4, -0.2) is 24.9 Å². The third-order valence-corrected chi connectivity index (χ3v) is 2.56. The van der Waals surface area contributed by atoms with Gasteiger partial charge >= 0.3 is 0 Å². The fourth-order valence-corrected chi connectivity index (χ4v) is 1.72. The third-order valence-electron chi connectivity index (χ3n) is 2.56. The molecule has 5 heteroatoms. The molecule has 104 valence electrons. The molecule has 20 heavy (non-hydrogen) atoms. The minimum absolute atomic E-state index is 0.586. The quantitative estimate of drug-likeness (QED) is 0.648. The first kappa shape index (κ1) is 13.9. The van der Waals surface area contributed by atoms with E-state index >= 15 is 0 Å². The Labute approximate surface area is 118 Å². The molecule has 1 heterocycles. The van der Waals surface area contributed by atoms with E-state index in [0.717, 1.165) is 5.56 Å². The maximum Gasteiger partial charge on any atom is 0.169 e. The summed E-state index contributed by atoms with van der Waals surface area (Å²) >= 11 is 0. The average molecular weight is 271 g/mol. The van der Waals surface area contributed by atoms with Crippen molar-refractivity contribution in [2.24, 2.45) is 5.10 Å². The highest BCUT2D eigenvalue weighted by atomic mass is 16.5. The highest BCUT2D eigenvalue weighted by Crippen LogP contribution is 2.29. The predicted molar refractivity (Wildman–Crippen MR) is 79.6 cm³/mol. The van der Waals surface area contributed by atoms with Gasteiger partial charge in [-0.15, -0.1) is 0 Å². The molecule has 2 rings (SSSR count). The lowest BCUT2D eigenvalue weighted by atomic mass is 10.2. The van der Waals surface area contributed by atoms with Gasteiger partial charge in [-0.1, -0.05) is 12.1 Å². The molecule has 0 fully saturated rings. The zero-order valence-electron chi connectivity index (χ0n) is 11.5. The molecule has 0 saturated carbocycles. The molecule has 1 aromatic carbocycles. The summed E-state index contributed by atoms with van der Waals surface area (Å²) in [5, 5.41) is 4.15. The zero-order chi connectivity index (χ0) is 14.2. The Morgan fingerprint density at radius 3 is 2.85 bits per heavy atom. The Kier molecular flexibility index (Phi) is 4.94. The Hall–Kier alpha value is -2.56. The topological polar surface area (TPSA) is 55.7 Å². The van der Waals surface area contributed by atoms with Gasteiger partial charge in [-0.25, -0.2) is 4.98 Å². The zero-order valence-corrected chi connectivity index (χ0v) is 11.5. The van der Waals surface area contributed by atoms with Crippen LogP contribution in [0.4, 0.5) is 5.82 Å². The largest absolute Gasteiger partial charge is 0.492 e. The van der Waals surface area contributed by atoms with Crippen molar-refractivity contribution >= 4 is 12.0 Å². The third kappa shape index (κ3) is 3.47. The lowest BCUT2D eigenvalue weighted by Gasteiger charge is -2.11. The maximum absolute atomic E-state index is 5.51. The summed E-state index contributed by atoms with van der Waals surface area (Å²) in [6.07, 6.45) is 3.38. The van der Waals surface area contributed by atoms with E-state index in [1.807, 2.05) is 43.3 Å². The number of rotatable bonds is 6. The highest BCUT2D eigenvalue weighted by molar-refractivity contribution is 5.85. The second-order valence-corrected chi connectivity index (χ2v) is 3.90. The molecule has 1 aromatic heterocycles. The number of hydrogen-bond donors (Lipinski definition) is 1. The minimum atomic E-state index is 0.586. The molecule has 0 atom stereocenters. The van der Waals surface area contributed by atoms with Crippen LogP contribution in [0.5, 0.6) is 11.5 Å². The van der Waals surface area contributed by atoms with Crippen molar-refractivity contribution < 1.29 is 9.47 Å². The molecule has 0 aliphatic carbocycles. The second kappa shape index (κ2) is 7.13. The molecule has 0 amide bonds. The summed E-state index contributed by atoms with van der Waals surface area (Å²) in [4.78, 5) is 4.12. The highest BCUT2D eigenvalue weighted by Gasteiger charge is 2.07. The predicted octanol–water partition coefficient (Wildman–Crippen LogP) is 2.93. The molecule has 2 aromatic rings. The molecule has 0 aliphatic heterocycles. The summed E-state index contributed by atoms with van der Waals surface area (Å²) in [5.41, 5.74) is 3.69. The number of nitrogens with zero attached hydrogens (tertiary/aromatic N) is 2. The number of aromatic nitrogens is 1. The van der Waals surface area contributed by atoms with Crippen LogP contribution in [0.15, 0.2) is 47.7 Å². The minimum Gasteiger partial charge on any atom is -0.492 e. The number of nitrogens with one attached hydrogen (secondary N) is 1. The van der Waals surface area contributed by atoms with Crippen molar-refractivity contribution in [2.75, 3.05) is 19.1 Å². The molecule has 0 radical (unpaired) electrons. The standard InChI is InChI=1S/C15H17N3O2/c1-3-20-13-8-6-7-12(15(13)19-2)11-17-18-14-9-4-5-10-16-14/h4-11H,3H2,1-2H3,(H,16,18)/b17-11+. The van der Waals surface area contributed by atoms with Gasteiger partial charge < -0.3 is 9.47 Å². The molecule has 0 spiro atoms. The Bertz CT molecular complexity index is 571. The molecule has 0 unspecified atom stereocenters. The Morgan fingerprint density at radius 2 is 2.15 bits per heavy atom. The van der Waals surface area contributed by atoms with E-state index in [2.05, 4.69) is 15.5 Å². The van der Waals surface area contributed by atoms with Gasteiger partial charge in [0.15, 0.2) is 11.5 Å². The van der Waals surface area contributed by atoms with E-state index in [-0.39, 0.29) is 0 Å². The second-order valence-electron chi connectivity index (χ2n) is 3.90. The number of benzene rings is 1. The molecule has 0 bridgehead atoms. The normalized spacial score (nSPS) is 10.5. The van der Waals surface area contributed by atoms with Crippen LogP contribution >= 0.6 is 0 Å². The lowest BCUT2D eigenvalue weighted by Crippen LogP contribution is -1.99. The van der Waals surface area contributed by atoms with Gasteiger partial charge in [0, 0.05) is 11.8 Å². The van der Waals surface area contributed by atoms with Crippen molar-refractivity contribution in [3.05, 3.63) is 48.2 Å². The number of methoxy groups -OCH3 is 1. The van der Waals surface area contributed by atoms with E-state index in [4.69, 9.17) is 9.47 Å². The summed E-state index contributed by atoms with van der Waals surface area (Å²) in [6.45, 7) is 2.52. The fraction of sp³-hybridized carbons (Fsp3) is 0.200. The number of pyridine rings is 1. The monoisotopic (exact) mass is 271 g/mol. The number of anilines is 1. The summed E-state index contributed by atoms with van der Waals surface area (Å²) in [7, 11) is 1.61. The number of hydrogen-bond acceptors (Lipinski definition) is 5. The van der Waals surface area contributed by atoms with Gasteiger partial charge in [-0.2, -0.15) is 5.10 Å². The Morgan fingerprint density at radius 1 is 1.25 bits per heavy atom. The van der Waals surface area contributed by atoms with Crippen LogP contribution in [-0.2, 0) is 0 Å². The SMILES string of the molecule is CCOc1cccc(/C=N/Nc2ccccn2)c1OC.